The topological polar surface area (TPSA) is 113 Å². The number of nitrogens with two attached hydrogens (primary N) is 1. The first kappa shape index (κ1) is 20.0. The zero-order valence-electron chi connectivity index (χ0n) is 15.0. The van der Waals surface area contributed by atoms with Gasteiger partial charge in [0.15, 0.2) is 0 Å². The number of nitrogens with one attached hydrogen (secondary N) is 3. The van der Waals surface area contributed by atoms with E-state index in [0.717, 1.165) is 11.1 Å². The Morgan fingerprint density at radius 2 is 1.44 bits per heavy atom. The maximum absolute atomic E-state index is 12.0. The molecule has 0 heterocycles. The zero-order chi connectivity index (χ0) is 19.5. The molecule has 0 saturated heterocycles. The summed E-state index contributed by atoms with van der Waals surface area (Å²) in [5, 5.41) is 7.69. The summed E-state index contributed by atoms with van der Waals surface area (Å²) in [5.41, 5.74) is 7.35. The number of hydrogen-bond donors (Lipinski definition) is 4. The van der Waals surface area contributed by atoms with E-state index in [4.69, 9.17) is 5.73 Å². The van der Waals surface area contributed by atoms with Crippen LogP contribution in [0.15, 0.2) is 60.7 Å². The lowest BCUT2D eigenvalue weighted by atomic mass is 10.1. The third-order valence-electron chi connectivity index (χ3n) is 3.91. The minimum Gasteiger partial charge on any atom is -0.368 e. The molecule has 0 unspecified atom stereocenters. The number of carbonyl (C=O) groups excluding carboxylic acids is 3. The first-order chi connectivity index (χ1) is 13.0. The van der Waals surface area contributed by atoms with Crippen LogP contribution in [-0.2, 0) is 22.4 Å². The van der Waals surface area contributed by atoms with Gasteiger partial charge in [-0.05, 0) is 17.5 Å². The second-order valence-corrected chi connectivity index (χ2v) is 6.06. The van der Waals surface area contributed by atoms with Crippen LogP contribution in [0.1, 0.15) is 11.1 Å². The largest absolute Gasteiger partial charge is 0.368 e. The van der Waals surface area contributed by atoms with E-state index in [-0.39, 0.29) is 6.54 Å². The quantitative estimate of drug-likeness (QED) is 0.523. The Bertz CT molecular complexity index is 750. The first-order valence-electron chi connectivity index (χ1n) is 8.73. The van der Waals surface area contributed by atoms with Crippen LogP contribution in [-0.4, -0.2) is 37.0 Å². The lowest BCUT2D eigenvalue weighted by Crippen LogP contribution is -2.50. The third kappa shape index (κ3) is 7.60. The summed E-state index contributed by atoms with van der Waals surface area (Å²) in [6, 6.07) is 17.7. The van der Waals surface area contributed by atoms with Gasteiger partial charge in [0.1, 0.15) is 6.04 Å². The molecule has 1 atom stereocenters. The smallest absolute Gasteiger partial charge is 0.315 e. The Labute approximate surface area is 158 Å². The number of urea groups is 1. The van der Waals surface area contributed by atoms with Crippen LogP contribution in [0.5, 0.6) is 0 Å². The fraction of sp³-hybridized carbons (Fsp3) is 0.250. The van der Waals surface area contributed by atoms with E-state index in [2.05, 4.69) is 16.0 Å². The van der Waals surface area contributed by atoms with Crippen LogP contribution in [0.3, 0.4) is 0 Å². The lowest BCUT2D eigenvalue weighted by molar-refractivity contribution is -0.126. The Kier molecular flexibility index (Phi) is 7.84. The lowest BCUT2D eigenvalue weighted by Gasteiger charge is -2.16. The molecule has 2 rings (SSSR count). The predicted octanol–water partition coefficient (Wildman–Crippen LogP) is 0.741. The minimum atomic E-state index is -0.831. The Morgan fingerprint density at radius 3 is 2.04 bits per heavy atom. The average Bonchev–Trinajstić information content (AvgIpc) is 2.67. The predicted molar refractivity (Wildman–Crippen MR) is 103 cm³/mol. The van der Waals surface area contributed by atoms with E-state index in [9.17, 15) is 14.4 Å². The molecule has 7 nitrogen and oxygen atoms in total. The summed E-state index contributed by atoms with van der Waals surface area (Å²) in [6.45, 7) is 0.213. The zero-order valence-corrected chi connectivity index (χ0v) is 15.0. The van der Waals surface area contributed by atoms with Crippen molar-refractivity contribution in [2.75, 3.05) is 13.1 Å². The molecule has 4 amide bonds. The summed E-state index contributed by atoms with van der Waals surface area (Å²) < 4.78 is 0. The fourth-order valence-corrected chi connectivity index (χ4v) is 2.51. The molecule has 0 saturated carbocycles. The van der Waals surface area contributed by atoms with Gasteiger partial charge in [0.05, 0.1) is 6.54 Å². The molecule has 2 aromatic carbocycles. The monoisotopic (exact) mass is 368 g/mol. The molecular formula is C20H24N4O3. The molecule has 0 fully saturated rings. The van der Waals surface area contributed by atoms with Gasteiger partial charge >= 0.3 is 6.03 Å². The maximum Gasteiger partial charge on any atom is 0.315 e. The summed E-state index contributed by atoms with van der Waals surface area (Å²) in [5.74, 6) is -1.10. The molecular weight excluding hydrogens is 344 g/mol. The van der Waals surface area contributed by atoms with Crippen LogP contribution in [0.4, 0.5) is 4.79 Å². The maximum atomic E-state index is 12.0. The number of benzene rings is 2. The van der Waals surface area contributed by atoms with Crippen molar-refractivity contribution in [3.05, 3.63) is 71.8 Å². The number of carbonyl (C=O) groups is 3. The van der Waals surface area contributed by atoms with Crippen molar-refractivity contribution >= 4 is 17.8 Å². The van der Waals surface area contributed by atoms with E-state index in [0.29, 0.717) is 19.4 Å². The van der Waals surface area contributed by atoms with Gasteiger partial charge in [-0.25, -0.2) is 4.79 Å². The van der Waals surface area contributed by atoms with Crippen molar-refractivity contribution < 1.29 is 14.4 Å². The number of amides is 4. The average molecular weight is 368 g/mol. The molecule has 2 aromatic rings. The van der Waals surface area contributed by atoms with E-state index in [1.807, 2.05) is 60.7 Å². The van der Waals surface area contributed by atoms with Gasteiger partial charge in [0, 0.05) is 13.0 Å². The Balaban J connectivity index is 1.70. The molecule has 0 spiro atoms. The van der Waals surface area contributed by atoms with Crippen LogP contribution >= 0.6 is 0 Å². The summed E-state index contributed by atoms with van der Waals surface area (Å²) in [7, 11) is 0. The molecule has 5 N–H and O–H groups in total. The van der Waals surface area contributed by atoms with Crippen molar-refractivity contribution in [1.29, 1.82) is 0 Å². The van der Waals surface area contributed by atoms with Gasteiger partial charge in [0.25, 0.3) is 0 Å². The van der Waals surface area contributed by atoms with E-state index in [1.165, 1.54) is 0 Å². The van der Waals surface area contributed by atoms with Gasteiger partial charge in [0.2, 0.25) is 11.8 Å². The standard InChI is InChI=1S/C20H24N4O3/c21-19(26)17(13-16-9-5-2-6-10-16)24-18(25)14-23-20(27)22-12-11-15-7-3-1-4-8-15/h1-10,17H,11-14H2,(H2,21,26)(H,24,25)(H2,22,23,27)/t17-/m0/s1. The van der Waals surface area contributed by atoms with Crippen molar-refractivity contribution in [2.24, 2.45) is 5.73 Å². The molecule has 0 bridgehead atoms. The van der Waals surface area contributed by atoms with Crippen molar-refractivity contribution in [1.82, 2.24) is 16.0 Å². The second-order valence-electron chi connectivity index (χ2n) is 6.06. The molecule has 0 aliphatic rings. The van der Waals surface area contributed by atoms with Crippen LogP contribution in [0.2, 0.25) is 0 Å². The third-order valence-corrected chi connectivity index (χ3v) is 3.91. The summed E-state index contributed by atoms with van der Waals surface area (Å²) in [4.78, 5) is 35.3. The van der Waals surface area contributed by atoms with Crippen molar-refractivity contribution in [2.45, 2.75) is 18.9 Å². The van der Waals surface area contributed by atoms with Gasteiger partial charge in [-0.3, -0.25) is 9.59 Å². The SMILES string of the molecule is NC(=O)[C@H](Cc1ccccc1)NC(=O)CNC(=O)NCCc1ccccc1. The Morgan fingerprint density at radius 1 is 0.852 bits per heavy atom. The van der Waals surface area contributed by atoms with Crippen LogP contribution in [0, 0.1) is 0 Å². The molecule has 0 aliphatic heterocycles. The van der Waals surface area contributed by atoms with Crippen molar-refractivity contribution in [3.63, 3.8) is 0 Å². The van der Waals surface area contributed by atoms with Gasteiger partial charge in [-0.15, -0.1) is 0 Å². The molecule has 27 heavy (non-hydrogen) atoms. The highest BCUT2D eigenvalue weighted by Crippen LogP contribution is 2.03. The normalized spacial score (nSPS) is 11.3. The highest BCUT2D eigenvalue weighted by molar-refractivity contribution is 5.89. The summed E-state index contributed by atoms with van der Waals surface area (Å²) in [6.07, 6.45) is 0.993. The fourth-order valence-electron chi connectivity index (χ4n) is 2.51. The highest BCUT2D eigenvalue weighted by Gasteiger charge is 2.18. The molecule has 0 radical (unpaired) electrons. The number of hydrogen-bond acceptors (Lipinski definition) is 3. The number of rotatable bonds is 9. The molecule has 142 valence electrons. The second kappa shape index (κ2) is 10.6. The van der Waals surface area contributed by atoms with Gasteiger partial charge in [-0.1, -0.05) is 60.7 Å². The van der Waals surface area contributed by atoms with Crippen LogP contribution in [0.25, 0.3) is 0 Å². The minimum absolute atomic E-state index is 0.240. The number of primary amides is 1. The Hall–Kier alpha value is -3.35. The molecule has 0 aliphatic carbocycles. The molecule has 7 heteroatoms. The van der Waals surface area contributed by atoms with Crippen LogP contribution < -0.4 is 21.7 Å². The first-order valence-corrected chi connectivity index (χ1v) is 8.73. The van der Waals surface area contributed by atoms with E-state index < -0.39 is 23.9 Å². The summed E-state index contributed by atoms with van der Waals surface area (Å²) >= 11 is 0. The van der Waals surface area contributed by atoms with Gasteiger partial charge in [-0.2, -0.15) is 0 Å². The van der Waals surface area contributed by atoms with E-state index >= 15 is 0 Å². The van der Waals surface area contributed by atoms with E-state index in [1.54, 1.807) is 0 Å². The molecule has 0 aromatic heterocycles. The van der Waals surface area contributed by atoms with Gasteiger partial charge < -0.3 is 21.7 Å². The highest BCUT2D eigenvalue weighted by atomic mass is 16.2. The van der Waals surface area contributed by atoms with Crippen molar-refractivity contribution in [3.8, 4) is 0 Å².